The molecule has 1 rings (SSSR count). The van der Waals surface area contributed by atoms with E-state index in [1.807, 2.05) is 6.07 Å². The van der Waals surface area contributed by atoms with E-state index >= 15 is 0 Å². The smallest absolute Gasteiger partial charge is 0.337 e. The molecule has 2 amide bonds. The maximum absolute atomic E-state index is 11.8. The van der Waals surface area contributed by atoms with E-state index < -0.39 is 12.0 Å². The minimum Gasteiger partial charge on any atom is -0.478 e. The zero-order valence-corrected chi connectivity index (χ0v) is 11.8. The highest BCUT2D eigenvalue weighted by atomic mass is 35.5. The molecule has 0 aliphatic heterocycles. The second-order valence-electron chi connectivity index (χ2n) is 4.34. The molecule has 0 heterocycles. The Morgan fingerprint density at radius 1 is 1.55 bits per heavy atom. The Kier molecular flexibility index (Phi) is 5.35. The number of halogens is 1. The normalized spacial score (nSPS) is 11.3. The number of anilines is 1. The molecule has 0 radical (unpaired) electrons. The van der Waals surface area contributed by atoms with E-state index in [9.17, 15) is 9.59 Å². The number of rotatable bonds is 4. The van der Waals surface area contributed by atoms with E-state index in [4.69, 9.17) is 22.0 Å². The van der Waals surface area contributed by atoms with Gasteiger partial charge in [0.05, 0.1) is 22.6 Å². The molecule has 0 fully saturated rings. The number of carbonyl (C=O) groups excluding carboxylic acids is 1. The summed E-state index contributed by atoms with van der Waals surface area (Å²) < 4.78 is 0. The minimum absolute atomic E-state index is 0.0314. The third-order valence-corrected chi connectivity index (χ3v) is 2.88. The molecule has 1 unspecified atom stereocenters. The standard InChI is InChI=1S/C13H14ClN3O3/c1-8(6-15)7-17(2)13(20)16-9-3-4-10(12(18)19)11(14)5-9/h3-5,8H,7H2,1-2H3,(H,16,20)(H,18,19). The third-order valence-electron chi connectivity index (χ3n) is 2.57. The summed E-state index contributed by atoms with van der Waals surface area (Å²) in [7, 11) is 1.57. The Morgan fingerprint density at radius 2 is 2.20 bits per heavy atom. The molecule has 1 aromatic rings. The van der Waals surface area contributed by atoms with E-state index in [2.05, 4.69) is 5.32 Å². The van der Waals surface area contributed by atoms with Crippen LogP contribution in [0.4, 0.5) is 10.5 Å². The first-order valence-electron chi connectivity index (χ1n) is 5.79. The number of carboxylic acids is 1. The van der Waals surface area contributed by atoms with Crippen LogP contribution >= 0.6 is 11.6 Å². The fraction of sp³-hybridized carbons (Fsp3) is 0.308. The van der Waals surface area contributed by atoms with Crippen LogP contribution in [-0.4, -0.2) is 35.6 Å². The number of urea groups is 1. The number of nitriles is 1. The number of aromatic carboxylic acids is 1. The SMILES string of the molecule is CC(C#N)CN(C)C(=O)Nc1ccc(C(=O)O)c(Cl)c1. The van der Waals surface area contributed by atoms with E-state index in [-0.39, 0.29) is 16.5 Å². The van der Waals surface area contributed by atoms with Crippen LogP contribution in [0.25, 0.3) is 0 Å². The van der Waals surface area contributed by atoms with Crippen molar-refractivity contribution in [1.82, 2.24) is 4.90 Å². The van der Waals surface area contributed by atoms with Gasteiger partial charge in [-0.15, -0.1) is 0 Å². The van der Waals surface area contributed by atoms with Gasteiger partial charge in [0.1, 0.15) is 0 Å². The number of carboxylic acid groups (broad SMARTS) is 1. The molecule has 2 N–H and O–H groups in total. The van der Waals surface area contributed by atoms with Gasteiger partial charge in [-0.2, -0.15) is 5.26 Å². The Bertz CT molecular complexity index is 568. The average molecular weight is 296 g/mol. The molecule has 1 aromatic carbocycles. The highest BCUT2D eigenvalue weighted by molar-refractivity contribution is 6.33. The number of nitrogens with one attached hydrogen (secondary N) is 1. The van der Waals surface area contributed by atoms with Gasteiger partial charge in [-0.1, -0.05) is 11.6 Å². The first-order valence-corrected chi connectivity index (χ1v) is 6.17. The number of amides is 2. The molecule has 0 saturated carbocycles. The molecule has 0 aliphatic carbocycles. The van der Waals surface area contributed by atoms with Crippen LogP contribution in [0.1, 0.15) is 17.3 Å². The summed E-state index contributed by atoms with van der Waals surface area (Å²) in [6, 6.07) is 5.77. The van der Waals surface area contributed by atoms with Crippen molar-refractivity contribution in [3.8, 4) is 6.07 Å². The second-order valence-corrected chi connectivity index (χ2v) is 4.75. The summed E-state index contributed by atoms with van der Waals surface area (Å²) >= 11 is 5.81. The molecular formula is C13H14ClN3O3. The first-order chi connectivity index (χ1) is 9.35. The van der Waals surface area contributed by atoms with Crippen molar-refractivity contribution in [2.45, 2.75) is 6.92 Å². The largest absolute Gasteiger partial charge is 0.478 e. The molecule has 0 aliphatic rings. The summed E-state index contributed by atoms with van der Waals surface area (Å²) in [6.07, 6.45) is 0. The maximum Gasteiger partial charge on any atom is 0.337 e. The molecule has 0 bridgehead atoms. The molecule has 6 nitrogen and oxygen atoms in total. The highest BCUT2D eigenvalue weighted by Gasteiger charge is 2.14. The quantitative estimate of drug-likeness (QED) is 0.893. The van der Waals surface area contributed by atoms with Crippen LogP contribution in [-0.2, 0) is 0 Å². The molecule has 7 heteroatoms. The van der Waals surface area contributed by atoms with Crippen LogP contribution in [0.5, 0.6) is 0 Å². The van der Waals surface area contributed by atoms with Crippen molar-refractivity contribution >= 4 is 29.3 Å². The van der Waals surface area contributed by atoms with Gasteiger partial charge in [0.2, 0.25) is 0 Å². The fourth-order valence-electron chi connectivity index (χ4n) is 1.52. The molecule has 20 heavy (non-hydrogen) atoms. The van der Waals surface area contributed by atoms with Gasteiger partial charge < -0.3 is 15.3 Å². The van der Waals surface area contributed by atoms with Crippen LogP contribution in [0, 0.1) is 17.2 Å². The van der Waals surface area contributed by atoms with Crippen LogP contribution in [0.15, 0.2) is 18.2 Å². The zero-order valence-electron chi connectivity index (χ0n) is 11.1. The Balaban J connectivity index is 2.74. The fourth-order valence-corrected chi connectivity index (χ4v) is 1.78. The lowest BCUT2D eigenvalue weighted by Crippen LogP contribution is -2.34. The van der Waals surface area contributed by atoms with Crippen molar-refractivity contribution in [1.29, 1.82) is 5.26 Å². The number of nitrogens with zero attached hydrogens (tertiary/aromatic N) is 2. The second kappa shape index (κ2) is 6.78. The highest BCUT2D eigenvalue weighted by Crippen LogP contribution is 2.21. The Morgan fingerprint density at radius 3 is 2.70 bits per heavy atom. The zero-order chi connectivity index (χ0) is 15.3. The van der Waals surface area contributed by atoms with Crippen molar-refractivity contribution in [3.63, 3.8) is 0 Å². The first kappa shape index (κ1) is 15.8. The Labute approximate surface area is 121 Å². The topological polar surface area (TPSA) is 93.4 Å². The molecule has 0 aromatic heterocycles. The van der Waals surface area contributed by atoms with Gasteiger partial charge in [0.25, 0.3) is 0 Å². The van der Waals surface area contributed by atoms with E-state index in [0.717, 1.165) is 0 Å². The molecule has 1 atom stereocenters. The Hall–Kier alpha value is -2.26. The van der Waals surface area contributed by atoms with E-state index in [1.165, 1.54) is 23.1 Å². The van der Waals surface area contributed by atoms with Gasteiger partial charge >= 0.3 is 12.0 Å². The lowest BCUT2D eigenvalue weighted by atomic mass is 10.2. The predicted molar refractivity (Wildman–Crippen MR) is 74.8 cm³/mol. The summed E-state index contributed by atoms with van der Waals surface area (Å²) in [4.78, 5) is 24.0. The lowest BCUT2D eigenvalue weighted by molar-refractivity contribution is 0.0697. The van der Waals surface area contributed by atoms with E-state index in [1.54, 1.807) is 14.0 Å². The van der Waals surface area contributed by atoms with Crippen molar-refractivity contribution in [2.75, 3.05) is 18.9 Å². The summed E-state index contributed by atoms with van der Waals surface area (Å²) in [5.41, 5.74) is 0.359. The van der Waals surface area contributed by atoms with Gasteiger partial charge in [0.15, 0.2) is 0 Å². The minimum atomic E-state index is -1.13. The average Bonchev–Trinajstić information content (AvgIpc) is 2.37. The van der Waals surface area contributed by atoms with Gasteiger partial charge in [-0.25, -0.2) is 9.59 Å². The van der Waals surface area contributed by atoms with Crippen molar-refractivity contribution in [3.05, 3.63) is 28.8 Å². The maximum atomic E-state index is 11.8. The van der Waals surface area contributed by atoms with Crippen LogP contribution in [0.3, 0.4) is 0 Å². The molecule has 0 saturated heterocycles. The molecular weight excluding hydrogens is 282 g/mol. The van der Waals surface area contributed by atoms with Crippen LogP contribution < -0.4 is 5.32 Å². The number of hydrogen-bond acceptors (Lipinski definition) is 3. The number of hydrogen-bond donors (Lipinski definition) is 2. The van der Waals surface area contributed by atoms with Crippen LogP contribution in [0.2, 0.25) is 5.02 Å². The molecule has 106 valence electrons. The summed E-state index contributed by atoms with van der Waals surface area (Å²) in [5, 5.41) is 20.2. The van der Waals surface area contributed by atoms with Gasteiger partial charge in [0, 0.05) is 19.3 Å². The van der Waals surface area contributed by atoms with Gasteiger partial charge in [-0.05, 0) is 25.1 Å². The van der Waals surface area contributed by atoms with Crippen molar-refractivity contribution in [2.24, 2.45) is 5.92 Å². The predicted octanol–water partition coefficient (Wildman–Crippen LogP) is 2.66. The lowest BCUT2D eigenvalue weighted by Gasteiger charge is -2.19. The molecule has 0 spiro atoms. The number of benzene rings is 1. The van der Waals surface area contributed by atoms with E-state index in [0.29, 0.717) is 12.2 Å². The third kappa shape index (κ3) is 4.14. The summed E-state index contributed by atoms with van der Waals surface area (Å²) in [6.45, 7) is 2.01. The van der Waals surface area contributed by atoms with Gasteiger partial charge in [-0.3, -0.25) is 0 Å². The summed E-state index contributed by atoms with van der Waals surface area (Å²) in [5.74, 6) is -1.41. The monoisotopic (exact) mass is 295 g/mol. The number of carbonyl (C=O) groups is 2. The van der Waals surface area contributed by atoms with Crippen molar-refractivity contribution < 1.29 is 14.7 Å².